The summed E-state index contributed by atoms with van der Waals surface area (Å²) in [5, 5.41) is 11.1. The Morgan fingerprint density at radius 2 is 2.04 bits per heavy atom. The number of hydrogen-bond donors (Lipinski definition) is 1. The molecule has 0 spiro atoms. The van der Waals surface area contributed by atoms with E-state index < -0.39 is 11.5 Å². The molecule has 0 aliphatic carbocycles. The predicted molar refractivity (Wildman–Crippen MR) is 107 cm³/mol. The minimum absolute atomic E-state index is 0.180. The number of carbonyl (C=O) groups is 2. The quantitative estimate of drug-likeness (QED) is 0.716. The van der Waals surface area contributed by atoms with Gasteiger partial charge < -0.3 is 19.5 Å². The van der Waals surface area contributed by atoms with E-state index in [2.05, 4.69) is 15.9 Å². The fraction of sp³-hybridized carbons (Fsp3) is 0.238. The topological polar surface area (TPSA) is 76.1 Å². The molecule has 1 unspecified atom stereocenters. The first kappa shape index (κ1) is 18.7. The van der Waals surface area contributed by atoms with Gasteiger partial charge in [-0.15, -0.1) is 0 Å². The average molecular weight is 444 g/mol. The Morgan fingerprint density at radius 1 is 1.25 bits per heavy atom. The van der Waals surface area contributed by atoms with Gasteiger partial charge in [0.15, 0.2) is 22.9 Å². The first-order chi connectivity index (χ1) is 13.4. The minimum atomic E-state index is -1.87. The molecular formula is C21H18BrNO5. The van der Waals surface area contributed by atoms with Crippen LogP contribution in [-0.4, -0.2) is 30.1 Å². The van der Waals surface area contributed by atoms with E-state index in [9.17, 15) is 14.7 Å². The number of amides is 1. The van der Waals surface area contributed by atoms with Crippen LogP contribution in [0.15, 0.2) is 46.9 Å². The van der Waals surface area contributed by atoms with Gasteiger partial charge in [0, 0.05) is 16.6 Å². The molecule has 1 atom stereocenters. The number of likely N-dealkylation sites (N-methyl/N-ethyl adjacent to an activating group) is 1. The zero-order chi connectivity index (χ0) is 19.9. The van der Waals surface area contributed by atoms with Gasteiger partial charge in [0.2, 0.25) is 6.79 Å². The summed E-state index contributed by atoms with van der Waals surface area (Å²) in [6.45, 7) is 2.42. The van der Waals surface area contributed by atoms with E-state index in [4.69, 9.17) is 9.47 Å². The van der Waals surface area contributed by atoms with E-state index in [1.807, 2.05) is 13.0 Å². The minimum Gasteiger partial charge on any atom is -0.454 e. The third-order valence-corrected chi connectivity index (χ3v) is 5.39. The lowest BCUT2D eigenvalue weighted by Gasteiger charge is -2.21. The Hall–Kier alpha value is -2.64. The van der Waals surface area contributed by atoms with Gasteiger partial charge in [0.05, 0.1) is 12.1 Å². The molecule has 1 N–H and O–H groups in total. The number of anilines is 1. The lowest BCUT2D eigenvalue weighted by atomic mass is 9.89. The molecule has 0 saturated heterocycles. The summed E-state index contributed by atoms with van der Waals surface area (Å²) in [5.41, 5.74) is -0.0317. The molecule has 0 saturated carbocycles. The highest BCUT2D eigenvalue weighted by molar-refractivity contribution is 9.10. The maximum absolute atomic E-state index is 12.8. The molecule has 2 aliphatic heterocycles. The number of rotatable bonds is 5. The summed E-state index contributed by atoms with van der Waals surface area (Å²) in [6, 6.07) is 10.6. The van der Waals surface area contributed by atoms with Crippen LogP contribution in [0.5, 0.6) is 11.5 Å². The molecule has 4 rings (SSSR count). The summed E-state index contributed by atoms with van der Waals surface area (Å²) < 4.78 is 11.3. The van der Waals surface area contributed by atoms with E-state index >= 15 is 0 Å². The molecular weight excluding hydrogens is 426 g/mol. The van der Waals surface area contributed by atoms with Crippen LogP contribution in [0, 0.1) is 0 Å². The molecule has 0 radical (unpaired) electrons. The standard InChI is InChI=1S/C21H18BrNO5/c1-2-23-17-7-5-14(22)10-16(17)21(26,20(23)25)11-15(24)6-3-13-4-8-18-19(9-13)28-12-27-18/h3-10,26H,2,11-12H2,1H3/b6-3+. The van der Waals surface area contributed by atoms with Gasteiger partial charge in [-0.1, -0.05) is 28.1 Å². The first-order valence-corrected chi connectivity index (χ1v) is 9.66. The van der Waals surface area contributed by atoms with Crippen molar-refractivity contribution in [3.63, 3.8) is 0 Å². The molecule has 28 heavy (non-hydrogen) atoms. The number of nitrogens with zero attached hydrogens (tertiary/aromatic N) is 1. The Kier molecular flexibility index (Phi) is 4.72. The number of ketones is 1. The molecule has 0 fully saturated rings. The van der Waals surface area contributed by atoms with Crippen molar-refractivity contribution in [3.8, 4) is 11.5 Å². The lowest BCUT2D eigenvalue weighted by molar-refractivity contribution is -0.140. The van der Waals surface area contributed by atoms with Crippen molar-refractivity contribution >= 4 is 39.4 Å². The Bertz CT molecular complexity index is 1000. The molecule has 0 bridgehead atoms. The molecule has 2 heterocycles. The number of ether oxygens (including phenoxy) is 2. The van der Waals surface area contributed by atoms with Crippen LogP contribution in [0.25, 0.3) is 6.08 Å². The van der Waals surface area contributed by atoms with Gasteiger partial charge in [-0.2, -0.15) is 0 Å². The third-order valence-electron chi connectivity index (χ3n) is 4.90. The van der Waals surface area contributed by atoms with Crippen molar-refractivity contribution in [1.29, 1.82) is 0 Å². The predicted octanol–water partition coefficient (Wildman–Crippen LogP) is 3.40. The van der Waals surface area contributed by atoms with Crippen LogP contribution >= 0.6 is 15.9 Å². The van der Waals surface area contributed by atoms with Crippen LogP contribution in [0.1, 0.15) is 24.5 Å². The van der Waals surface area contributed by atoms with E-state index in [0.717, 1.165) is 10.0 Å². The van der Waals surface area contributed by atoms with Gasteiger partial charge in [-0.25, -0.2) is 0 Å². The normalized spacial score (nSPS) is 20.1. The van der Waals surface area contributed by atoms with Crippen molar-refractivity contribution in [2.75, 3.05) is 18.2 Å². The Balaban J connectivity index is 1.57. The highest BCUT2D eigenvalue weighted by atomic mass is 79.9. The summed E-state index contributed by atoms with van der Waals surface area (Å²) in [4.78, 5) is 26.9. The van der Waals surface area contributed by atoms with Gasteiger partial charge in [-0.05, 0) is 48.9 Å². The Morgan fingerprint density at radius 3 is 2.82 bits per heavy atom. The molecule has 144 valence electrons. The van der Waals surface area contributed by atoms with Crippen molar-refractivity contribution in [2.45, 2.75) is 18.9 Å². The molecule has 2 aromatic rings. The van der Waals surface area contributed by atoms with Crippen LogP contribution in [0.4, 0.5) is 5.69 Å². The third kappa shape index (κ3) is 3.10. The fourth-order valence-electron chi connectivity index (χ4n) is 3.52. The van der Waals surface area contributed by atoms with Gasteiger partial charge in [0.25, 0.3) is 5.91 Å². The summed E-state index contributed by atoms with van der Waals surface area (Å²) >= 11 is 3.37. The second-order valence-electron chi connectivity index (χ2n) is 6.66. The largest absolute Gasteiger partial charge is 0.454 e. The molecule has 1 amide bonds. The van der Waals surface area contributed by atoms with E-state index in [0.29, 0.717) is 29.3 Å². The van der Waals surface area contributed by atoms with E-state index in [1.165, 1.54) is 11.0 Å². The zero-order valence-electron chi connectivity index (χ0n) is 15.1. The van der Waals surface area contributed by atoms with Crippen LogP contribution in [-0.2, 0) is 15.2 Å². The lowest BCUT2D eigenvalue weighted by Crippen LogP contribution is -2.41. The van der Waals surface area contributed by atoms with E-state index in [-0.39, 0.29) is 19.0 Å². The highest BCUT2D eigenvalue weighted by Gasteiger charge is 2.50. The SMILES string of the molecule is CCN1C(=O)C(O)(CC(=O)/C=C/c2ccc3c(c2)OCO3)c2cc(Br)ccc21. The van der Waals surface area contributed by atoms with Crippen LogP contribution in [0.3, 0.4) is 0 Å². The average Bonchev–Trinajstić information content (AvgIpc) is 3.22. The summed E-state index contributed by atoms with van der Waals surface area (Å²) in [7, 11) is 0. The summed E-state index contributed by atoms with van der Waals surface area (Å²) in [5.74, 6) is 0.457. The van der Waals surface area contributed by atoms with Crippen molar-refractivity contribution in [3.05, 3.63) is 58.1 Å². The Labute approximate surface area is 170 Å². The number of hydrogen-bond acceptors (Lipinski definition) is 5. The molecule has 7 heteroatoms. The molecule has 0 aromatic heterocycles. The second kappa shape index (κ2) is 7.07. The van der Waals surface area contributed by atoms with Crippen molar-refractivity contribution in [1.82, 2.24) is 0 Å². The maximum Gasteiger partial charge on any atom is 0.264 e. The number of aliphatic hydroxyl groups is 1. The molecule has 6 nitrogen and oxygen atoms in total. The number of fused-ring (bicyclic) bond motifs is 2. The number of benzene rings is 2. The molecule has 2 aliphatic rings. The van der Waals surface area contributed by atoms with Gasteiger partial charge in [-0.3, -0.25) is 9.59 Å². The van der Waals surface area contributed by atoms with Gasteiger partial charge >= 0.3 is 0 Å². The van der Waals surface area contributed by atoms with Crippen molar-refractivity contribution in [2.24, 2.45) is 0 Å². The summed E-state index contributed by atoms with van der Waals surface area (Å²) in [6.07, 6.45) is 2.67. The smallest absolute Gasteiger partial charge is 0.264 e. The van der Waals surface area contributed by atoms with Crippen LogP contribution < -0.4 is 14.4 Å². The highest BCUT2D eigenvalue weighted by Crippen LogP contribution is 2.43. The maximum atomic E-state index is 12.8. The number of carbonyl (C=O) groups excluding carboxylic acids is 2. The zero-order valence-corrected chi connectivity index (χ0v) is 16.7. The fourth-order valence-corrected chi connectivity index (χ4v) is 3.89. The first-order valence-electron chi connectivity index (χ1n) is 8.87. The van der Waals surface area contributed by atoms with E-state index in [1.54, 1.807) is 36.4 Å². The van der Waals surface area contributed by atoms with Gasteiger partial charge in [0.1, 0.15) is 0 Å². The number of halogens is 1. The number of allylic oxidation sites excluding steroid dienone is 1. The van der Waals surface area contributed by atoms with Crippen molar-refractivity contribution < 1.29 is 24.2 Å². The monoisotopic (exact) mass is 443 g/mol. The molecule has 2 aromatic carbocycles. The van der Waals surface area contributed by atoms with Crippen LogP contribution in [0.2, 0.25) is 0 Å². The second-order valence-corrected chi connectivity index (χ2v) is 7.58.